The minimum atomic E-state index is -0.359. The van der Waals surface area contributed by atoms with Gasteiger partial charge in [-0.2, -0.15) is 0 Å². The number of amides is 2. The summed E-state index contributed by atoms with van der Waals surface area (Å²) in [5, 5.41) is 4.30. The number of carbonyl (C=O) groups is 1. The monoisotopic (exact) mass is 501 g/mol. The molecule has 3 heterocycles. The number of aryl methyl sites for hydroxylation is 1. The van der Waals surface area contributed by atoms with Gasteiger partial charge in [-0.25, -0.2) is 9.18 Å². The minimum Gasteiger partial charge on any atom is -0.494 e. The van der Waals surface area contributed by atoms with Crippen molar-refractivity contribution in [3.8, 4) is 10.8 Å². The van der Waals surface area contributed by atoms with Gasteiger partial charge < -0.3 is 19.5 Å². The molecule has 6 rings (SSSR count). The van der Waals surface area contributed by atoms with Crippen LogP contribution in [-0.2, 0) is 19.4 Å². The highest BCUT2D eigenvalue weighted by Crippen LogP contribution is 2.44. The van der Waals surface area contributed by atoms with Gasteiger partial charge in [0.25, 0.3) is 0 Å². The second-order valence-electron chi connectivity index (χ2n) is 9.27. The van der Waals surface area contributed by atoms with Crippen molar-refractivity contribution in [3.05, 3.63) is 99.9 Å². The van der Waals surface area contributed by atoms with Crippen LogP contribution in [0.3, 0.4) is 0 Å². The number of ether oxygens (including phenoxy) is 1. The van der Waals surface area contributed by atoms with Gasteiger partial charge in [0.2, 0.25) is 0 Å². The topological polar surface area (TPSA) is 46.5 Å². The summed E-state index contributed by atoms with van der Waals surface area (Å²) in [6.45, 7) is 3.03. The average Bonchev–Trinajstić information content (AvgIpc) is 3.48. The van der Waals surface area contributed by atoms with Crippen LogP contribution in [0.25, 0.3) is 5.00 Å². The second kappa shape index (κ2) is 9.47. The number of anilines is 1. The molecule has 2 aliphatic rings. The van der Waals surface area contributed by atoms with Gasteiger partial charge in [0.1, 0.15) is 16.6 Å². The number of hydrogen-bond acceptors (Lipinski definition) is 3. The zero-order valence-corrected chi connectivity index (χ0v) is 21.0. The first-order valence-corrected chi connectivity index (χ1v) is 13.3. The van der Waals surface area contributed by atoms with Crippen molar-refractivity contribution in [3.63, 3.8) is 0 Å². The molecule has 0 saturated carbocycles. The molecular weight excluding hydrogens is 473 g/mol. The molecule has 5 nitrogen and oxygen atoms in total. The molecule has 0 spiro atoms. The third kappa shape index (κ3) is 4.07. The zero-order chi connectivity index (χ0) is 24.6. The molecule has 7 heteroatoms. The van der Waals surface area contributed by atoms with Crippen LogP contribution in [-0.4, -0.2) is 22.1 Å². The van der Waals surface area contributed by atoms with Gasteiger partial charge in [-0.15, -0.1) is 11.3 Å². The number of aromatic nitrogens is 1. The van der Waals surface area contributed by atoms with Crippen LogP contribution in [0.15, 0.2) is 66.9 Å². The van der Waals surface area contributed by atoms with Crippen LogP contribution in [0.1, 0.15) is 53.1 Å². The molecule has 2 aromatic heterocycles. The Morgan fingerprint density at radius 3 is 2.61 bits per heavy atom. The number of nitrogens with one attached hydrogen (secondary N) is 1. The normalized spacial score (nSPS) is 16.5. The van der Waals surface area contributed by atoms with Crippen molar-refractivity contribution in [2.45, 2.75) is 45.2 Å². The number of rotatable bonds is 4. The molecule has 1 N–H and O–H groups in total. The Kier molecular flexibility index (Phi) is 6.01. The first kappa shape index (κ1) is 22.9. The third-order valence-corrected chi connectivity index (χ3v) is 8.38. The van der Waals surface area contributed by atoms with E-state index in [1.807, 2.05) is 53.5 Å². The number of nitrogens with zero attached hydrogens (tertiary/aromatic N) is 2. The molecule has 2 aromatic carbocycles. The van der Waals surface area contributed by atoms with Gasteiger partial charge in [0.05, 0.1) is 24.9 Å². The lowest BCUT2D eigenvalue weighted by molar-refractivity contribution is 0.194. The highest BCUT2D eigenvalue weighted by Gasteiger charge is 2.36. The van der Waals surface area contributed by atoms with E-state index in [4.69, 9.17) is 4.74 Å². The van der Waals surface area contributed by atoms with Crippen LogP contribution in [0.4, 0.5) is 14.9 Å². The molecule has 4 aromatic rings. The Hall–Kier alpha value is -3.58. The van der Waals surface area contributed by atoms with Crippen molar-refractivity contribution in [1.82, 2.24) is 9.47 Å². The molecule has 0 fully saturated rings. The zero-order valence-electron chi connectivity index (χ0n) is 20.2. The van der Waals surface area contributed by atoms with Gasteiger partial charge in [-0.3, -0.25) is 0 Å². The first-order chi connectivity index (χ1) is 17.6. The Morgan fingerprint density at radius 1 is 1.06 bits per heavy atom. The van der Waals surface area contributed by atoms with Gasteiger partial charge in [0.15, 0.2) is 0 Å². The lowest BCUT2D eigenvalue weighted by Gasteiger charge is -2.31. The molecular formula is C29H28FN3O2S. The van der Waals surface area contributed by atoms with Crippen LogP contribution in [0.5, 0.6) is 5.75 Å². The van der Waals surface area contributed by atoms with E-state index in [0.29, 0.717) is 18.8 Å². The van der Waals surface area contributed by atoms with E-state index in [9.17, 15) is 9.18 Å². The second-order valence-corrected chi connectivity index (χ2v) is 10.4. The number of thiophene rings is 1. The summed E-state index contributed by atoms with van der Waals surface area (Å²) in [5.41, 5.74) is 5.22. The highest BCUT2D eigenvalue weighted by atomic mass is 32.1. The first-order valence-electron chi connectivity index (χ1n) is 12.5. The fraction of sp³-hybridized carbons (Fsp3) is 0.276. The van der Waals surface area contributed by atoms with Crippen molar-refractivity contribution in [1.29, 1.82) is 0 Å². The quantitative estimate of drug-likeness (QED) is 0.324. The van der Waals surface area contributed by atoms with Gasteiger partial charge in [-0.1, -0.05) is 12.1 Å². The van der Waals surface area contributed by atoms with Gasteiger partial charge >= 0.3 is 6.03 Å². The summed E-state index contributed by atoms with van der Waals surface area (Å²) >= 11 is 1.85. The predicted molar refractivity (Wildman–Crippen MR) is 141 cm³/mol. The van der Waals surface area contributed by atoms with Crippen LogP contribution in [0, 0.1) is 5.82 Å². The molecule has 0 unspecified atom stereocenters. The van der Waals surface area contributed by atoms with E-state index in [2.05, 4.69) is 22.1 Å². The maximum atomic E-state index is 13.9. The average molecular weight is 502 g/mol. The van der Waals surface area contributed by atoms with Crippen LogP contribution in [0.2, 0.25) is 0 Å². The standard InChI is InChI=1S/C29H28FN3O2S/c1-2-35-22-15-13-21(14-16-22)31-29(34)33-18-24-23-6-3-4-8-26(23)36-28(24)32-17-5-7-25(32)27(33)19-9-11-20(30)12-10-19/h5,7,9-17,27H,2-4,6,8,18H2,1H3,(H,31,34)/t27-/m1/s1. The highest BCUT2D eigenvalue weighted by molar-refractivity contribution is 7.15. The Morgan fingerprint density at radius 2 is 1.83 bits per heavy atom. The molecule has 1 aliphatic heterocycles. The van der Waals surface area contributed by atoms with E-state index in [0.717, 1.165) is 29.8 Å². The Balaban J connectivity index is 1.43. The van der Waals surface area contributed by atoms with Crippen molar-refractivity contribution in [2.75, 3.05) is 11.9 Å². The number of fused-ring (bicyclic) bond motifs is 5. The summed E-state index contributed by atoms with van der Waals surface area (Å²) < 4.78 is 21.6. The van der Waals surface area contributed by atoms with Crippen molar-refractivity contribution >= 4 is 23.1 Å². The summed E-state index contributed by atoms with van der Waals surface area (Å²) in [7, 11) is 0. The molecule has 1 aliphatic carbocycles. The maximum Gasteiger partial charge on any atom is 0.322 e. The molecule has 36 heavy (non-hydrogen) atoms. The number of carbonyl (C=O) groups excluding carboxylic acids is 1. The molecule has 0 bridgehead atoms. The van der Waals surface area contributed by atoms with Crippen molar-refractivity contribution < 1.29 is 13.9 Å². The van der Waals surface area contributed by atoms with Crippen LogP contribution >= 0.6 is 11.3 Å². The summed E-state index contributed by atoms with van der Waals surface area (Å²) in [4.78, 5) is 17.3. The van der Waals surface area contributed by atoms with E-state index in [1.54, 1.807) is 12.1 Å². The SMILES string of the molecule is CCOc1ccc(NC(=O)N2Cc3c(sc4c3CCCC4)-n3cccc3[C@H]2c2ccc(F)cc2)cc1. The number of hydrogen-bond donors (Lipinski definition) is 1. The Labute approximate surface area is 214 Å². The van der Waals surface area contributed by atoms with Crippen molar-refractivity contribution in [2.24, 2.45) is 0 Å². The predicted octanol–water partition coefficient (Wildman–Crippen LogP) is 7.09. The number of urea groups is 1. The third-order valence-electron chi connectivity index (χ3n) is 7.04. The van der Waals surface area contributed by atoms with E-state index < -0.39 is 0 Å². The lowest BCUT2D eigenvalue weighted by atomic mass is 9.95. The van der Waals surface area contributed by atoms with Crippen LogP contribution < -0.4 is 10.1 Å². The smallest absolute Gasteiger partial charge is 0.322 e. The fourth-order valence-corrected chi connectivity index (χ4v) is 6.78. The number of benzene rings is 2. The number of halogens is 1. The molecule has 1 atom stereocenters. The summed E-state index contributed by atoms with van der Waals surface area (Å²) in [6, 6.07) is 17.5. The van der Waals surface area contributed by atoms with Gasteiger partial charge in [-0.05, 0) is 92.3 Å². The van der Waals surface area contributed by atoms with E-state index in [-0.39, 0.29) is 17.9 Å². The molecule has 2 amide bonds. The molecule has 0 radical (unpaired) electrons. The van der Waals surface area contributed by atoms with E-state index >= 15 is 0 Å². The maximum absolute atomic E-state index is 13.9. The largest absolute Gasteiger partial charge is 0.494 e. The fourth-order valence-electron chi connectivity index (χ4n) is 5.38. The molecule has 184 valence electrons. The summed E-state index contributed by atoms with van der Waals surface area (Å²) in [6.07, 6.45) is 6.62. The summed E-state index contributed by atoms with van der Waals surface area (Å²) in [5.74, 6) is 0.475. The van der Waals surface area contributed by atoms with E-state index in [1.165, 1.54) is 46.0 Å². The Bertz CT molecular complexity index is 1390. The molecule has 0 saturated heterocycles. The minimum absolute atomic E-state index is 0.190. The lowest BCUT2D eigenvalue weighted by Crippen LogP contribution is -2.38. The van der Waals surface area contributed by atoms with Gasteiger partial charge in [0, 0.05) is 22.3 Å².